The molecule has 1 amide bonds. The van der Waals surface area contributed by atoms with E-state index in [4.69, 9.17) is 9.26 Å². The van der Waals surface area contributed by atoms with Gasteiger partial charge in [0.05, 0.1) is 13.2 Å². The zero-order chi connectivity index (χ0) is 33.6. The average Bonchev–Trinajstić information content (AvgIpc) is 3.00. The number of rotatable bonds is 32. The smallest absolute Gasteiger partial charge is 0.472 e. The van der Waals surface area contributed by atoms with Crippen LogP contribution in [-0.4, -0.2) is 64.9 Å². The molecular weight excluding hydrogens is 601 g/mol. The van der Waals surface area contributed by atoms with Gasteiger partial charge in [-0.1, -0.05) is 109 Å². The molecule has 4 N–H and O–H groups in total. The van der Waals surface area contributed by atoms with Crippen LogP contribution in [0.4, 0.5) is 0 Å². The van der Waals surface area contributed by atoms with Crippen molar-refractivity contribution in [3.05, 3.63) is 12.2 Å². The van der Waals surface area contributed by atoms with E-state index < -0.39 is 57.6 Å². The summed E-state index contributed by atoms with van der Waals surface area (Å²) in [6, 6.07) is -1.54. The van der Waals surface area contributed by atoms with Gasteiger partial charge in [0.25, 0.3) is 0 Å². The van der Waals surface area contributed by atoms with Gasteiger partial charge in [-0.3, -0.25) is 18.6 Å². The van der Waals surface area contributed by atoms with E-state index in [1.165, 1.54) is 57.8 Å². The minimum Gasteiger partial charge on any atom is -0.480 e. The third kappa shape index (κ3) is 29.4. The molecule has 0 aliphatic rings. The van der Waals surface area contributed by atoms with Gasteiger partial charge in [-0.2, -0.15) is 0 Å². The third-order valence-corrected chi connectivity index (χ3v) is 8.26. The number of hydrogen-bond acceptors (Lipinski definition) is 8. The van der Waals surface area contributed by atoms with Crippen molar-refractivity contribution >= 4 is 25.7 Å². The second-order valence-electron chi connectivity index (χ2n) is 11.7. The average molecular weight is 664 g/mol. The molecule has 0 heterocycles. The Balaban J connectivity index is 3.96. The summed E-state index contributed by atoms with van der Waals surface area (Å²) in [4.78, 5) is 45.2. The summed E-state index contributed by atoms with van der Waals surface area (Å²) < 4.78 is 26.4. The van der Waals surface area contributed by atoms with Gasteiger partial charge in [0.2, 0.25) is 5.91 Å². The van der Waals surface area contributed by atoms with Crippen LogP contribution in [0.1, 0.15) is 149 Å². The molecular formula is C33H62NO10P. The molecule has 0 aliphatic heterocycles. The van der Waals surface area contributed by atoms with Crippen molar-refractivity contribution in [3.8, 4) is 0 Å². The molecule has 0 rings (SSSR count). The van der Waals surface area contributed by atoms with E-state index >= 15 is 0 Å². The number of carbonyl (C=O) groups is 3. The van der Waals surface area contributed by atoms with Crippen LogP contribution < -0.4 is 5.32 Å². The second kappa shape index (κ2) is 29.6. The van der Waals surface area contributed by atoms with Crippen LogP contribution in [0.3, 0.4) is 0 Å². The van der Waals surface area contributed by atoms with Gasteiger partial charge in [0, 0.05) is 12.8 Å². The number of carboxylic acids is 1. The lowest BCUT2D eigenvalue weighted by molar-refractivity contribution is -0.147. The van der Waals surface area contributed by atoms with Crippen molar-refractivity contribution in [2.45, 2.75) is 161 Å². The fourth-order valence-electron chi connectivity index (χ4n) is 4.54. The Morgan fingerprint density at radius 3 is 1.71 bits per heavy atom. The summed E-state index contributed by atoms with van der Waals surface area (Å²) in [6.45, 7) is 2.40. The number of aliphatic carboxylic acids is 1. The maximum absolute atomic E-state index is 12.2. The van der Waals surface area contributed by atoms with Crippen molar-refractivity contribution in [1.29, 1.82) is 0 Å². The topological polar surface area (TPSA) is 169 Å². The summed E-state index contributed by atoms with van der Waals surface area (Å²) in [5.41, 5.74) is 0. The summed E-state index contributed by atoms with van der Waals surface area (Å²) in [5.74, 6) is -2.40. The van der Waals surface area contributed by atoms with Gasteiger partial charge in [-0.25, -0.2) is 9.36 Å². The van der Waals surface area contributed by atoms with Crippen LogP contribution in [-0.2, 0) is 32.7 Å². The minimum atomic E-state index is -4.73. The number of allylic oxidation sites excluding steroid dienone is 2. The molecule has 11 nitrogen and oxygen atoms in total. The number of aliphatic hydroxyl groups excluding tert-OH is 1. The second-order valence-corrected chi connectivity index (χ2v) is 13.2. The number of carboxylic acid groups (broad SMARTS) is 1. The monoisotopic (exact) mass is 663 g/mol. The number of phosphoric ester groups is 1. The number of nitrogens with one attached hydrogen (secondary N) is 1. The Morgan fingerprint density at radius 1 is 0.689 bits per heavy atom. The molecule has 0 saturated heterocycles. The SMILES string of the molecule is CCCCCCCC/C=C\CCCCCCCCCC(=O)NC(COP(=O)(O)OCC(O)COC(=O)CCCCCC)C(=O)O. The zero-order valence-corrected chi connectivity index (χ0v) is 28.8. The maximum Gasteiger partial charge on any atom is 0.472 e. The Kier molecular flexibility index (Phi) is 28.4. The van der Waals surface area contributed by atoms with E-state index in [-0.39, 0.29) is 12.8 Å². The zero-order valence-electron chi connectivity index (χ0n) is 27.9. The molecule has 12 heteroatoms. The van der Waals surface area contributed by atoms with Gasteiger partial charge in [0.1, 0.15) is 12.7 Å². The van der Waals surface area contributed by atoms with Gasteiger partial charge < -0.3 is 25.2 Å². The first kappa shape index (κ1) is 43.2. The van der Waals surface area contributed by atoms with E-state index in [0.29, 0.717) is 12.8 Å². The van der Waals surface area contributed by atoms with Gasteiger partial charge >= 0.3 is 19.8 Å². The lowest BCUT2D eigenvalue weighted by Crippen LogP contribution is -2.43. The predicted molar refractivity (Wildman–Crippen MR) is 176 cm³/mol. The first-order valence-corrected chi connectivity index (χ1v) is 18.7. The number of aliphatic hydroxyl groups is 1. The fourth-order valence-corrected chi connectivity index (χ4v) is 5.32. The summed E-state index contributed by atoms with van der Waals surface area (Å²) >= 11 is 0. The van der Waals surface area contributed by atoms with Crippen molar-refractivity contribution < 1.29 is 47.8 Å². The number of amides is 1. The lowest BCUT2D eigenvalue weighted by Gasteiger charge is -2.18. The lowest BCUT2D eigenvalue weighted by atomic mass is 10.1. The number of unbranched alkanes of at least 4 members (excludes halogenated alkanes) is 16. The number of phosphoric acid groups is 1. The molecule has 0 aromatic heterocycles. The molecule has 0 saturated carbocycles. The molecule has 0 bridgehead atoms. The van der Waals surface area contributed by atoms with E-state index in [1.54, 1.807) is 0 Å². The molecule has 45 heavy (non-hydrogen) atoms. The largest absolute Gasteiger partial charge is 0.480 e. The first-order chi connectivity index (χ1) is 21.6. The number of esters is 1. The summed E-state index contributed by atoms with van der Waals surface area (Å²) in [7, 11) is -4.73. The van der Waals surface area contributed by atoms with Crippen molar-refractivity contribution in [3.63, 3.8) is 0 Å². The van der Waals surface area contributed by atoms with Crippen molar-refractivity contribution in [2.75, 3.05) is 19.8 Å². The number of hydrogen-bond donors (Lipinski definition) is 4. The molecule has 0 radical (unpaired) electrons. The van der Waals surface area contributed by atoms with Crippen LogP contribution in [0.5, 0.6) is 0 Å². The highest BCUT2D eigenvalue weighted by atomic mass is 31.2. The van der Waals surface area contributed by atoms with Gasteiger partial charge in [-0.05, 0) is 38.5 Å². The van der Waals surface area contributed by atoms with Crippen molar-refractivity contribution in [1.82, 2.24) is 5.32 Å². The molecule has 0 aromatic rings. The Labute approximate surface area is 271 Å². The van der Waals surface area contributed by atoms with E-state index in [2.05, 4.69) is 35.8 Å². The molecule has 3 atom stereocenters. The molecule has 0 fully saturated rings. The van der Waals surface area contributed by atoms with E-state index in [1.807, 2.05) is 0 Å². The summed E-state index contributed by atoms with van der Waals surface area (Å²) in [5, 5.41) is 21.5. The fraction of sp³-hybridized carbons (Fsp3) is 0.848. The Morgan fingerprint density at radius 2 is 1.16 bits per heavy atom. The van der Waals surface area contributed by atoms with E-state index in [9.17, 15) is 34.1 Å². The number of carbonyl (C=O) groups excluding carboxylic acids is 2. The quantitative estimate of drug-likeness (QED) is 0.0247. The van der Waals surface area contributed by atoms with E-state index in [0.717, 1.165) is 51.4 Å². The van der Waals surface area contributed by atoms with Crippen LogP contribution in [0.25, 0.3) is 0 Å². The van der Waals surface area contributed by atoms with Gasteiger partial charge in [-0.15, -0.1) is 0 Å². The highest BCUT2D eigenvalue weighted by Crippen LogP contribution is 2.43. The Hall–Kier alpha value is -1.78. The highest BCUT2D eigenvalue weighted by molar-refractivity contribution is 7.47. The molecule has 264 valence electrons. The summed E-state index contributed by atoms with van der Waals surface area (Å²) in [6.07, 6.45) is 24.6. The third-order valence-electron chi connectivity index (χ3n) is 7.30. The van der Waals surface area contributed by atoms with Crippen LogP contribution in [0, 0.1) is 0 Å². The van der Waals surface area contributed by atoms with Crippen LogP contribution >= 0.6 is 7.82 Å². The Bertz CT molecular complexity index is 838. The molecule has 3 unspecified atom stereocenters. The van der Waals surface area contributed by atoms with Crippen molar-refractivity contribution in [2.24, 2.45) is 0 Å². The minimum absolute atomic E-state index is 0.143. The van der Waals surface area contributed by atoms with Gasteiger partial charge in [0.15, 0.2) is 6.04 Å². The first-order valence-electron chi connectivity index (χ1n) is 17.2. The normalized spacial score (nSPS) is 14.2. The predicted octanol–water partition coefficient (Wildman–Crippen LogP) is 7.38. The highest BCUT2D eigenvalue weighted by Gasteiger charge is 2.28. The molecule has 0 aliphatic carbocycles. The maximum atomic E-state index is 12.2. The number of ether oxygens (including phenoxy) is 1. The molecule has 0 aromatic carbocycles. The molecule has 0 spiro atoms. The van der Waals surface area contributed by atoms with Crippen LogP contribution in [0.15, 0.2) is 12.2 Å². The standard InChI is InChI=1S/C33H62NO10P/c1-3-5-7-9-10-11-12-13-14-15-16-17-18-19-20-21-22-24-31(36)34-30(33(38)39)28-44-45(40,41)43-27-29(35)26-42-32(37)25-23-8-6-4-2/h13-14,29-30,35H,3-12,15-28H2,1-2H3,(H,34,36)(H,38,39)(H,40,41)/b14-13-. The van der Waals surface area contributed by atoms with Crippen LogP contribution in [0.2, 0.25) is 0 Å².